The van der Waals surface area contributed by atoms with Crippen molar-refractivity contribution in [3.63, 3.8) is 0 Å². The van der Waals surface area contributed by atoms with Crippen molar-refractivity contribution in [3.8, 4) is 0 Å². The Morgan fingerprint density at radius 2 is 2.11 bits per heavy atom. The van der Waals surface area contributed by atoms with Crippen molar-refractivity contribution < 1.29 is 4.79 Å². The van der Waals surface area contributed by atoms with Gasteiger partial charge in [0, 0.05) is 24.7 Å². The summed E-state index contributed by atoms with van der Waals surface area (Å²) in [4.78, 5) is 22.4. The van der Waals surface area contributed by atoms with Gasteiger partial charge in [-0.2, -0.15) is 0 Å². The Balaban J connectivity index is 1.49. The second-order valence-corrected chi connectivity index (χ2v) is 5.79. The summed E-state index contributed by atoms with van der Waals surface area (Å²) in [6, 6.07) is 0. The Hall–Kier alpha value is -1.45. The molecular weight excluding hydrogens is 238 g/mol. The third-order valence-electron chi connectivity index (χ3n) is 4.43. The van der Waals surface area contributed by atoms with E-state index >= 15 is 0 Å². The number of aromatic nitrogens is 2. The summed E-state index contributed by atoms with van der Waals surface area (Å²) >= 11 is 0. The smallest absolute Gasteiger partial charge is 0.223 e. The van der Waals surface area contributed by atoms with Crippen LogP contribution in [0.15, 0.2) is 12.5 Å². The van der Waals surface area contributed by atoms with Crippen LogP contribution in [-0.4, -0.2) is 20.8 Å². The third kappa shape index (κ3) is 2.94. The molecule has 1 saturated carbocycles. The molecule has 4 nitrogen and oxygen atoms in total. The number of rotatable bonds is 3. The molecule has 102 valence electrons. The predicted molar refractivity (Wildman–Crippen MR) is 72.1 cm³/mol. The fraction of sp³-hybridized carbons (Fsp3) is 0.667. The minimum absolute atomic E-state index is 0.281. The van der Waals surface area contributed by atoms with Gasteiger partial charge in [-0.25, -0.2) is 9.97 Å². The second-order valence-electron chi connectivity index (χ2n) is 5.79. The van der Waals surface area contributed by atoms with Crippen LogP contribution in [-0.2, 0) is 17.9 Å². The van der Waals surface area contributed by atoms with Gasteiger partial charge in [-0.3, -0.25) is 4.79 Å². The van der Waals surface area contributed by atoms with E-state index in [0.29, 0.717) is 19.5 Å². The highest BCUT2D eigenvalue weighted by molar-refractivity contribution is 5.76. The Morgan fingerprint density at radius 1 is 1.26 bits per heavy atom. The van der Waals surface area contributed by atoms with Crippen LogP contribution in [0.2, 0.25) is 0 Å². The number of carbonyl (C=O) groups is 1. The maximum atomic E-state index is 12.2. The van der Waals surface area contributed by atoms with Gasteiger partial charge in [0.2, 0.25) is 5.91 Å². The average molecular weight is 259 g/mol. The van der Waals surface area contributed by atoms with Crippen LogP contribution < -0.4 is 0 Å². The Morgan fingerprint density at radius 3 is 2.89 bits per heavy atom. The molecule has 3 rings (SSSR count). The van der Waals surface area contributed by atoms with Gasteiger partial charge in [0.15, 0.2) is 0 Å². The number of fused-ring (bicyclic) bond motifs is 1. The van der Waals surface area contributed by atoms with Gasteiger partial charge in [0.25, 0.3) is 0 Å². The minimum Gasteiger partial charge on any atom is -0.332 e. The molecule has 1 aromatic heterocycles. The molecular formula is C15H21N3O. The van der Waals surface area contributed by atoms with Gasteiger partial charge in [-0.1, -0.05) is 32.1 Å². The van der Waals surface area contributed by atoms with E-state index in [2.05, 4.69) is 9.97 Å². The summed E-state index contributed by atoms with van der Waals surface area (Å²) in [5.41, 5.74) is 2.12. The molecule has 0 atom stereocenters. The van der Waals surface area contributed by atoms with Crippen LogP contribution in [0.25, 0.3) is 0 Å². The van der Waals surface area contributed by atoms with Gasteiger partial charge in [-0.15, -0.1) is 0 Å². The molecule has 0 saturated heterocycles. The van der Waals surface area contributed by atoms with Gasteiger partial charge < -0.3 is 4.90 Å². The van der Waals surface area contributed by atoms with Crippen LogP contribution in [0.3, 0.4) is 0 Å². The van der Waals surface area contributed by atoms with Crippen LogP contribution in [0, 0.1) is 5.92 Å². The zero-order chi connectivity index (χ0) is 13.1. The van der Waals surface area contributed by atoms with Crippen molar-refractivity contribution in [2.24, 2.45) is 5.92 Å². The van der Waals surface area contributed by atoms with Crippen molar-refractivity contribution >= 4 is 5.91 Å². The molecule has 1 fully saturated rings. The second kappa shape index (κ2) is 5.68. The summed E-state index contributed by atoms with van der Waals surface area (Å²) in [5, 5.41) is 0. The van der Waals surface area contributed by atoms with E-state index < -0.39 is 0 Å². The SMILES string of the molecule is O=C(CCC1CCCCC1)N1Cc2cncnc2C1. The molecule has 0 spiro atoms. The Bertz CT molecular complexity index is 429. The Labute approximate surface area is 114 Å². The van der Waals surface area contributed by atoms with Gasteiger partial charge in [-0.05, 0) is 12.3 Å². The molecule has 2 aliphatic rings. The number of amides is 1. The monoisotopic (exact) mass is 259 g/mol. The first-order valence-corrected chi connectivity index (χ1v) is 7.38. The molecule has 1 amide bonds. The maximum Gasteiger partial charge on any atom is 0.223 e. The number of hydrogen-bond donors (Lipinski definition) is 0. The molecule has 0 radical (unpaired) electrons. The molecule has 0 aromatic carbocycles. The number of nitrogens with zero attached hydrogens (tertiary/aromatic N) is 3. The minimum atomic E-state index is 0.281. The van der Waals surface area contributed by atoms with Crippen LogP contribution in [0.4, 0.5) is 0 Å². The normalized spacial score (nSPS) is 19.5. The first-order valence-electron chi connectivity index (χ1n) is 7.38. The third-order valence-corrected chi connectivity index (χ3v) is 4.43. The van der Waals surface area contributed by atoms with Gasteiger partial charge >= 0.3 is 0 Å². The topological polar surface area (TPSA) is 46.1 Å². The highest BCUT2D eigenvalue weighted by Crippen LogP contribution is 2.28. The fourth-order valence-electron chi connectivity index (χ4n) is 3.24. The van der Waals surface area contributed by atoms with Crippen molar-refractivity contribution in [3.05, 3.63) is 23.8 Å². The lowest BCUT2D eigenvalue weighted by molar-refractivity contribution is -0.132. The molecule has 0 N–H and O–H groups in total. The fourth-order valence-corrected chi connectivity index (χ4v) is 3.24. The molecule has 2 heterocycles. The average Bonchev–Trinajstić information content (AvgIpc) is 2.90. The molecule has 1 aliphatic heterocycles. The highest BCUT2D eigenvalue weighted by Gasteiger charge is 2.25. The summed E-state index contributed by atoms with van der Waals surface area (Å²) in [5.74, 6) is 1.06. The van der Waals surface area contributed by atoms with Crippen LogP contribution in [0.5, 0.6) is 0 Å². The van der Waals surface area contributed by atoms with Gasteiger partial charge in [0.05, 0.1) is 12.2 Å². The lowest BCUT2D eigenvalue weighted by Crippen LogP contribution is -2.25. The highest BCUT2D eigenvalue weighted by atomic mass is 16.2. The van der Waals surface area contributed by atoms with E-state index in [1.165, 1.54) is 32.1 Å². The van der Waals surface area contributed by atoms with Crippen LogP contribution in [0.1, 0.15) is 56.2 Å². The Kier molecular flexibility index (Phi) is 3.76. The van der Waals surface area contributed by atoms with E-state index in [9.17, 15) is 4.79 Å². The first-order chi connectivity index (χ1) is 9.33. The van der Waals surface area contributed by atoms with Crippen molar-refractivity contribution in [2.45, 2.75) is 58.0 Å². The quantitative estimate of drug-likeness (QED) is 0.838. The predicted octanol–water partition coefficient (Wildman–Crippen LogP) is 2.68. The summed E-state index contributed by atoms with van der Waals surface area (Å²) < 4.78 is 0. The number of hydrogen-bond acceptors (Lipinski definition) is 3. The molecule has 4 heteroatoms. The van der Waals surface area contributed by atoms with Crippen LogP contribution >= 0.6 is 0 Å². The summed E-state index contributed by atoms with van der Waals surface area (Å²) in [6.07, 6.45) is 11.9. The largest absolute Gasteiger partial charge is 0.332 e. The van der Waals surface area contributed by atoms with E-state index in [-0.39, 0.29) is 5.91 Å². The first kappa shape index (κ1) is 12.6. The van der Waals surface area contributed by atoms with Gasteiger partial charge in [0.1, 0.15) is 6.33 Å². The molecule has 19 heavy (non-hydrogen) atoms. The lowest BCUT2D eigenvalue weighted by Gasteiger charge is -2.22. The zero-order valence-electron chi connectivity index (χ0n) is 11.3. The van der Waals surface area contributed by atoms with Crippen molar-refractivity contribution in [1.29, 1.82) is 0 Å². The van der Waals surface area contributed by atoms with E-state index in [1.54, 1.807) is 6.33 Å². The molecule has 1 aromatic rings. The van der Waals surface area contributed by atoms with E-state index in [0.717, 1.165) is 23.6 Å². The summed E-state index contributed by atoms with van der Waals surface area (Å²) in [7, 11) is 0. The maximum absolute atomic E-state index is 12.2. The van der Waals surface area contributed by atoms with E-state index in [4.69, 9.17) is 0 Å². The van der Waals surface area contributed by atoms with E-state index in [1.807, 2.05) is 11.1 Å². The zero-order valence-corrected chi connectivity index (χ0v) is 11.3. The lowest BCUT2D eigenvalue weighted by atomic mass is 9.86. The molecule has 0 bridgehead atoms. The van der Waals surface area contributed by atoms with Crippen molar-refractivity contribution in [1.82, 2.24) is 14.9 Å². The number of carbonyl (C=O) groups excluding carboxylic acids is 1. The summed E-state index contributed by atoms with van der Waals surface area (Å²) in [6.45, 7) is 1.36. The molecule has 0 unspecified atom stereocenters. The standard InChI is InChI=1S/C15H21N3O/c19-15(7-6-12-4-2-1-3-5-12)18-9-13-8-16-11-17-14(13)10-18/h8,11-12H,1-7,9-10H2. The molecule has 1 aliphatic carbocycles. The van der Waals surface area contributed by atoms with Crippen molar-refractivity contribution in [2.75, 3.05) is 0 Å².